The summed E-state index contributed by atoms with van der Waals surface area (Å²) in [6.07, 6.45) is 5.55. The molecule has 114 valence electrons. The lowest BCUT2D eigenvalue weighted by Gasteiger charge is -2.29. The summed E-state index contributed by atoms with van der Waals surface area (Å²) in [4.78, 5) is 2.48. The molecule has 0 saturated carbocycles. The van der Waals surface area contributed by atoms with E-state index in [1.54, 1.807) is 0 Å². The predicted octanol–water partition coefficient (Wildman–Crippen LogP) is 4.42. The van der Waals surface area contributed by atoms with Crippen molar-refractivity contribution in [3.05, 3.63) is 24.3 Å². The van der Waals surface area contributed by atoms with Gasteiger partial charge in [0.1, 0.15) is 0 Å². The summed E-state index contributed by atoms with van der Waals surface area (Å²) in [7, 11) is 0. The van der Waals surface area contributed by atoms with Gasteiger partial charge in [-0.15, -0.1) is 0 Å². The van der Waals surface area contributed by atoms with Gasteiger partial charge in [0, 0.05) is 37.4 Å². The standard InChI is InChI=1S/C18H27N3/c1-18(2,11-6-12-19)15-20-16-7-9-17(10-8-16)21-13-4-3-5-14-21/h7-10,20H,3-6,11,13-15H2,1-2H3. The fourth-order valence-electron chi connectivity index (χ4n) is 2.77. The molecule has 0 aliphatic carbocycles. The minimum atomic E-state index is 0.154. The molecule has 0 unspecified atom stereocenters. The SMILES string of the molecule is CC(C)(CCC#N)CNc1ccc(N2CCCCC2)cc1. The van der Waals surface area contributed by atoms with Crippen molar-refractivity contribution in [2.75, 3.05) is 29.9 Å². The van der Waals surface area contributed by atoms with Crippen LogP contribution in [-0.2, 0) is 0 Å². The number of hydrogen-bond acceptors (Lipinski definition) is 3. The van der Waals surface area contributed by atoms with E-state index in [1.807, 2.05) is 0 Å². The average molecular weight is 285 g/mol. The Morgan fingerprint density at radius 2 is 1.81 bits per heavy atom. The van der Waals surface area contributed by atoms with Crippen LogP contribution in [0.3, 0.4) is 0 Å². The number of rotatable bonds is 6. The van der Waals surface area contributed by atoms with E-state index in [1.165, 1.54) is 43.7 Å². The minimum Gasteiger partial charge on any atom is -0.385 e. The van der Waals surface area contributed by atoms with Gasteiger partial charge < -0.3 is 10.2 Å². The fourth-order valence-corrected chi connectivity index (χ4v) is 2.77. The maximum absolute atomic E-state index is 8.69. The molecular formula is C18H27N3. The van der Waals surface area contributed by atoms with Crippen LogP contribution in [-0.4, -0.2) is 19.6 Å². The molecule has 1 aromatic carbocycles. The molecular weight excluding hydrogens is 258 g/mol. The van der Waals surface area contributed by atoms with E-state index in [0.29, 0.717) is 6.42 Å². The molecule has 0 spiro atoms. The zero-order chi connectivity index (χ0) is 15.1. The number of piperidine rings is 1. The minimum absolute atomic E-state index is 0.154. The maximum Gasteiger partial charge on any atom is 0.0621 e. The molecule has 1 saturated heterocycles. The van der Waals surface area contributed by atoms with E-state index in [0.717, 1.165) is 13.0 Å². The van der Waals surface area contributed by atoms with Crippen LogP contribution in [0, 0.1) is 16.7 Å². The molecule has 0 amide bonds. The summed E-state index contributed by atoms with van der Waals surface area (Å²) < 4.78 is 0. The van der Waals surface area contributed by atoms with Crippen molar-refractivity contribution in [3.8, 4) is 6.07 Å². The van der Waals surface area contributed by atoms with Gasteiger partial charge in [-0.05, 0) is 55.4 Å². The van der Waals surface area contributed by atoms with Crippen molar-refractivity contribution in [1.82, 2.24) is 0 Å². The van der Waals surface area contributed by atoms with Crippen LogP contribution in [0.15, 0.2) is 24.3 Å². The number of nitriles is 1. The summed E-state index contributed by atoms with van der Waals surface area (Å²) in [5.74, 6) is 0. The highest BCUT2D eigenvalue weighted by molar-refractivity contribution is 5.55. The lowest BCUT2D eigenvalue weighted by atomic mass is 9.88. The van der Waals surface area contributed by atoms with E-state index < -0.39 is 0 Å². The third-order valence-electron chi connectivity index (χ3n) is 4.27. The summed E-state index contributed by atoms with van der Waals surface area (Å²) >= 11 is 0. The van der Waals surface area contributed by atoms with Crippen LogP contribution >= 0.6 is 0 Å². The second-order valence-corrected chi connectivity index (χ2v) is 6.77. The summed E-state index contributed by atoms with van der Waals surface area (Å²) in [6, 6.07) is 11.0. The van der Waals surface area contributed by atoms with Crippen molar-refractivity contribution in [1.29, 1.82) is 5.26 Å². The van der Waals surface area contributed by atoms with Crippen LogP contribution < -0.4 is 10.2 Å². The first-order valence-corrected chi connectivity index (χ1v) is 8.07. The highest BCUT2D eigenvalue weighted by Gasteiger charge is 2.17. The third-order valence-corrected chi connectivity index (χ3v) is 4.27. The van der Waals surface area contributed by atoms with E-state index in [-0.39, 0.29) is 5.41 Å². The van der Waals surface area contributed by atoms with Gasteiger partial charge in [0.2, 0.25) is 0 Å². The molecule has 3 heteroatoms. The number of anilines is 2. The Morgan fingerprint density at radius 3 is 2.43 bits per heavy atom. The number of nitrogens with one attached hydrogen (secondary N) is 1. The van der Waals surface area contributed by atoms with E-state index in [2.05, 4.69) is 54.4 Å². The van der Waals surface area contributed by atoms with Gasteiger partial charge in [0.15, 0.2) is 0 Å². The Morgan fingerprint density at radius 1 is 1.14 bits per heavy atom. The number of nitrogens with zero attached hydrogens (tertiary/aromatic N) is 2. The predicted molar refractivity (Wildman–Crippen MR) is 89.6 cm³/mol. The van der Waals surface area contributed by atoms with Crippen molar-refractivity contribution < 1.29 is 0 Å². The van der Waals surface area contributed by atoms with Crippen LogP contribution in [0.5, 0.6) is 0 Å². The summed E-state index contributed by atoms with van der Waals surface area (Å²) in [5.41, 5.74) is 2.66. The van der Waals surface area contributed by atoms with E-state index in [4.69, 9.17) is 5.26 Å². The highest BCUT2D eigenvalue weighted by Crippen LogP contribution is 2.25. The zero-order valence-electron chi connectivity index (χ0n) is 13.4. The molecule has 0 bridgehead atoms. The van der Waals surface area contributed by atoms with Crippen molar-refractivity contribution >= 4 is 11.4 Å². The molecule has 3 nitrogen and oxygen atoms in total. The topological polar surface area (TPSA) is 39.1 Å². The summed E-state index contributed by atoms with van der Waals surface area (Å²) in [5, 5.41) is 12.2. The Kier molecular flexibility index (Phi) is 5.50. The molecule has 21 heavy (non-hydrogen) atoms. The summed E-state index contributed by atoms with van der Waals surface area (Å²) in [6.45, 7) is 7.69. The average Bonchev–Trinajstić information content (AvgIpc) is 2.53. The van der Waals surface area contributed by atoms with Crippen LogP contribution in [0.25, 0.3) is 0 Å². The Balaban J connectivity index is 1.86. The van der Waals surface area contributed by atoms with Crippen molar-refractivity contribution in [2.24, 2.45) is 5.41 Å². The second-order valence-electron chi connectivity index (χ2n) is 6.77. The molecule has 0 radical (unpaired) electrons. The van der Waals surface area contributed by atoms with E-state index in [9.17, 15) is 0 Å². The van der Waals surface area contributed by atoms with E-state index >= 15 is 0 Å². The van der Waals surface area contributed by atoms with Gasteiger partial charge in [0.25, 0.3) is 0 Å². The molecule has 1 heterocycles. The lowest BCUT2D eigenvalue weighted by molar-refractivity contribution is 0.364. The van der Waals surface area contributed by atoms with Crippen molar-refractivity contribution in [3.63, 3.8) is 0 Å². The van der Waals surface area contributed by atoms with Crippen LogP contribution in [0.2, 0.25) is 0 Å². The van der Waals surface area contributed by atoms with Gasteiger partial charge >= 0.3 is 0 Å². The van der Waals surface area contributed by atoms with Gasteiger partial charge in [-0.2, -0.15) is 5.26 Å². The van der Waals surface area contributed by atoms with Gasteiger partial charge in [-0.3, -0.25) is 0 Å². The lowest BCUT2D eigenvalue weighted by Crippen LogP contribution is -2.29. The Hall–Kier alpha value is -1.69. The fraction of sp³-hybridized carbons (Fsp3) is 0.611. The van der Waals surface area contributed by atoms with Gasteiger partial charge in [-0.25, -0.2) is 0 Å². The molecule has 1 N–H and O–H groups in total. The second kappa shape index (κ2) is 7.36. The first-order valence-electron chi connectivity index (χ1n) is 8.07. The quantitative estimate of drug-likeness (QED) is 0.841. The third kappa shape index (κ3) is 4.97. The highest BCUT2D eigenvalue weighted by atomic mass is 15.1. The molecule has 2 rings (SSSR count). The first kappa shape index (κ1) is 15.7. The zero-order valence-corrected chi connectivity index (χ0v) is 13.4. The Bertz CT molecular complexity index is 464. The smallest absolute Gasteiger partial charge is 0.0621 e. The number of hydrogen-bond donors (Lipinski definition) is 1. The maximum atomic E-state index is 8.69. The van der Waals surface area contributed by atoms with Crippen molar-refractivity contribution in [2.45, 2.75) is 46.0 Å². The monoisotopic (exact) mass is 285 g/mol. The molecule has 1 aliphatic rings. The first-order chi connectivity index (χ1) is 10.1. The molecule has 1 fully saturated rings. The molecule has 0 aromatic heterocycles. The van der Waals surface area contributed by atoms with Crippen LogP contribution in [0.1, 0.15) is 46.0 Å². The largest absolute Gasteiger partial charge is 0.385 e. The van der Waals surface area contributed by atoms with Gasteiger partial charge in [-0.1, -0.05) is 13.8 Å². The Labute approximate surface area is 129 Å². The molecule has 1 aliphatic heterocycles. The molecule has 0 atom stereocenters. The number of benzene rings is 1. The van der Waals surface area contributed by atoms with Gasteiger partial charge in [0.05, 0.1) is 6.07 Å². The van der Waals surface area contributed by atoms with Crippen LogP contribution in [0.4, 0.5) is 11.4 Å². The molecule has 1 aromatic rings. The normalized spacial score (nSPS) is 15.6.